The lowest BCUT2D eigenvalue weighted by atomic mass is 9.87. The quantitative estimate of drug-likeness (QED) is 0.164. The molecule has 0 saturated heterocycles. The van der Waals surface area contributed by atoms with Gasteiger partial charge in [0.05, 0.1) is 15.9 Å². The largest absolute Gasteiger partial charge is 0.292 e. The first kappa shape index (κ1) is 36.0. The van der Waals surface area contributed by atoms with Gasteiger partial charge in [0.1, 0.15) is 0 Å². The van der Waals surface area contributed by atoms with E-state index in [1.165, 1.54) is 63.3 Å². The summed E-state index contributed by atoms with van der Waals surface area (Å²) in [6.07, 6.45) is 7.72. The average molecular weight is 803 g/mol. The van der Waals surface area contributed by atoms with Crippen LogP contribution in [-0.2, 0) is 0 Å². The molecule has 0 unspecified atom stereocenters. The van der Waals surface area contributed by atoms with Crippen LogP contribution in [0.1, 0.15) is 22.4 Å². The second kappa shape index (κ2) is 15.2. The molecule has 0 atom stereocenters. The van der Waals surface area contributed by atoms with Crippen molar-refractivity contribution in [1.29, 1.82) is 0 Å². The molecule has 284 valence electrons. The van der Waals surface area contributed by atoms with Crippen molar-refractivity contribution in [2.45, 2.75) is 6.42 Å². The zero-order valence-corrected chi connectivity index (χ0v) is 34.4. The molecule has 10 aromatic rings. The maximum absolute atomic E-state index is 5.15. The maximum atomic E-state index is 5.15. The summed E-state index contributed by atoms with van der Waals surface area (Å²) >= 11 is 3.62. The van der Waals surface area contributed by atoms with Crippen LogP contribution < -0.4 is 10.4 Å². The van der Waals surface area contributed by atoms with Crippen LogP contribution in [0.25, 0.3) is 75.4 Å². The predicted octanol–water partition coefficient (Wildman–Crippen LogP) is 13.8. The van der Waals surface area contributed by atoms with E-state index in [9.17, 15) is 0 Å². The number of thiophene rings is 2. The molecular weight excluding hydrogens is 765 g/mol. The van der Waals surface area contributed by atoms with Gasteiger partial charge in [-0.25, -0.2) is 4.98 Å². The highest BCUT2D eigenvalue weighted by molar-refractivity contribution is 7.24. The highest BCUT2D eigenvalue weighted by Gasteiger charge is 2.19. The number of nitrogens with zero attached hydrogens (tertiary/aromatic N) is 2. The third kappa shape index (κ3) is 6.38. The molecule has 60 heavy (non-hydrogen) atoms. The minimum atomic E-state index is 0.770. The normalized spacial score (nSPS) is 16.5. The molecule has 0 spiro atoms. The van der Waals surface area contributed by atoms with Crippen molar-refractivity contribution in [3.63, 3.8) is 0 Å². The third-order valence-electron chi connectivity index (χ3n) is 11.5. The van der Waals surface area contributed by atoms with E-state index in [1.807, 2.05) is 11.3 Å². The Labute approximate surface area is 357 Å². The molecule has 0 saturated carbocycles. The predicted molar refractivity (Wildman–Crippen MR) is 257 cm³/mol. The van der Waals surface area contributed by atoms with Gasteiger partial charge in [-0.05, 0) is 126 Å². The van der Waals surface area contributed by atoms with Crippen LogP contribution in [0, 0.1) is 0 Å². The summed E-state index contributed by atoms with van der Waals surface area (Å²) in [4.78, 5) is 9.93. The van der Waals surface area contributed by atoms with Gasteiger partial charge in [0.15, 0.2) is 5.82 Å². The molecule has 1 aliphatic carbocycles. The van der Waals surface area contributed by atoms with Crippen molar-refractivity contribution >= 4 is 72.0 Å². The maximum Gasteiger partial charge on any atom is 0.155 e. The second-order valence-electron chi connectivity index (χ2n) is 15.1. The summed E-state index contributed by atoms with van der Waals surface area (Å²) in [6, 6.07) is 67.6. The molecule has 0 radical (unpaired) electrons. The van der Waals surface area contributed by atoms with Crippen molar-refractivity contribution in [1.82, 2.24) is 9.55 Å². The molecule has 0 amide bonds. The Morgan fingerprint density at radius 3 is 1.87 bits per heavy atom. The molecule has 3 aromatic heterocycles. The van der Waals surface area contributed by atoms with Gasteiger partial charge in [-0.3, -0.25) is 4.57 Å². The fraction of sp³-hybridized carbons (Fsp3) is 0.0179. The fourth-order valence-corrected chi connectivity index (χ4v) is 10.8. The number of allylic oxidation sites excluding steroid dienone is 5. The van der Waals surface area contributed by atoms with Gasteiger partial charge in [-0.1, -0.05) is 158 Å². The van der Waals surface area contributed by atoms with E-state index in [2.05, 4.69) is 211 Å². The van der Waals surface area contributed by atoms with E-state index in [4.69, 9.17) is 11.6 Å². The molecular formula is C56H38N2S2. The standard InChI is InChI=1S/C56H38N2S2/c1-37-36-40(51-32-33-52(59-51)53-34-35-54(60-53)56-57-49-30-11-12-31-50(49)58(56)41-21-3-2-4-22-41)20-15-28-45(44-27-13-18-38-16-5-7-23-42(38)44)46-25-9-10-26-48(46)55(37)47-29-14-19-39-17-6-8-24-43(39)47/h2-27,29-36H,1,28H2/b20-15-,40-36+,46-45+,55-48+. The van der Waals surface area contributed by atoms with Crippen molar-refractivity contribution in [2.75, 3.05) is 0 Å². The Hall–Kier alpha value is -7.11. The monoisotopic (exact) mass is 802 g/mol. The number of rotatable bonds is 6. The lowest BCUT2D eigenvalue weighted by molar-refractivity contribution is 1.11. The summed E-state index contributed by atoms with van der Waals surface area (Å²) in [6.45, 7) is 4.87. The molecule has 0 aliphatic heterocycles. The lowest BCUT2D eigenvalue weighted by Gasteiger charge is -2.17. The Morgan fingerprint density at radius 1 is 0.500 bits per heavy atom. The van der Waals surface area contributed by atoms with Gasteiger partial charge in [0.25, 0.3) is 0 Å². The molecule has 7 aromatic carbocycles. The third-order valence-corrected chi connectivity index (χ3v) is 13.9. The van der Waals surface area contributed by atoms with E-state index in [0.29, 0.717) is 0 Å². The van der Waals surface area contributed by atoms with Crippen LogP contribution in [0.2, 0.25) is 0 Å². The Kier molecular flexibility index (Phi) is 9.15. The number of fused-ring (bicyclic) bond motifs is 4. The summed E-state index contributed by atoms with van der Waals surface area (Å²) in [5.41, 5.74) is 10.2. The lowest BCUT2D eigenvalue weighted by Crippen LogP contribution is -2.30. The molecule has 0 bridgehead atoms. The van der Waals surface area contributed by atoms with E-state index in [1.54, 1.807) is 11.3 Å². The van der Waals surface area contributed by atoms with E-state index in [0.717, 1.165) is 50.6 Å². The number of aromatic nitrogens is 2. The first-order chi connectivity index (χ1) is 29.7. The van der Waals surface area contributed by atoms with E-state index < -0.39 is 0 Å². The SMILES string of the molecule is C=C1/C=C(c2ccc(-c3ccc(-c4nc5ccccc5n4-c4ccccc4)s3)s2)\C=C/C/C(c2cccc3ccccc23)=c2/cccc/c2=C/1c1cccc2ccccc12. The van der Waals surface area contributed by atoms with Gasteiger partial charge >= 0.3 is 0 Å². The zero-order valence-electron chi connectivity index (χ0n) is 32.8. The summed E-state index contributed by atoms with van der Waals surface area (Å²) in [5.74, 6) is 0.958. The molecule has 11 rings (SSSR count). The molecule has 3 heterocycles. The molecule has 0 N–H and O–H groups in total. The highest BCUT2D eigenvalue weighted by Crippen LogP contribution is 2.41. The van der Waals surface area contributed by atoms with Crippen LogP contribution >= 0.6 is 22.7 Å². The number of hydrogen-bond acceptors (Lipinski definition) is 3. The van der Waals surface area contributed by atoms with Crippen LogP contribution in [0.4, 0.5) is 0 Å². The first-order valence-electron chi connectivity index (χ1n) is 20.3. The van der Waals surface area contributed by atoms with Crippen LogP contribution in [-0.4, -0.2) is 9.55 Å². The average Bonchev–Trinajstić information content (AvgIpc) is 4.08. The number of benzene rings is 7. The van der Waals surface area contributed by atoms with E-state index >= 15 is 0 Å². The summed E-state index contributed by atoms with van der Waals surface area (Å²) in [7, 11) is 0. The first-order valence-corrected chi connectivity index (χ1v) is 21.9. The van der Waals surface area contributed by atoms with Gasteiger partial charge in [0, 0.05) is 20.3 Å². The summed E-state index contributed by atoms with van der Waals surface area (Å²) in [5, 5.41) is 7.34. The van der Waals surface area contributed by atoms with Gasteiger partial charge < -0.3 is 0 Å². The fourth-order valence-electron chi connectivity index (χ4n) is 8.76. The van der Waals surface area contributed by atoms with Gasteiger partial charge in [-0.2, -0.15) is 0 Å². The second-order valence-corrected chi connectivity index (χ2v) is 17.3. The topological polar surface area (TPSA) is 17.8 Å². The Bertz CT molecular complexity index is 3470. The summed E-state index contributed by atoms with van der Waals surface area (Å²) < 4.78 is 2.28. The van der Waals surface area contributed by atoms with Crippen molar-refractivity contribution in [2.24, 2.45) is 0 Å². The zero-order chi connectivity index (χ0) is 40.0. The smallest absolute Gasteiger partial charge is 0.155 e. The highest BCUT2D eigenvalue weighted by atomic mass is 32.1. The van der Waals surface area contributed by atoms with Crippen molar-refractivity contribution in [3.8, 4) is 26.1 Å². The van der Waals surface area contributed by atoms with Crippen molar-refractivity contribution in [3.05, 3.63) is 245 Å². The number of hydrogen-bond donors (Lipinski definition) is 0. The van der Waals surface area contributed by atoms with Gasteiger partial charge in [0.2, 0.25) is 0 Å². The molecule has 1 aliphatic rings. The molecule has 0 fully saturated rings. The molecule has 4 heteroatoms. The van der Waals surface area contributed by atoms with E-state index in [-0.39, 0.29) is 0 Å². The van der Waals surface area contributed by atoms with Crippen molar-refractivity contribution < 1.29 is 0 Å². The van der Waals surface area contributed by atoms with Gasteiger partial charge in [-0.15, -0.1) is 22.7 Å². The number of imidazole rings is 1. The minimum absolute atomic E-state index is 0.770. The Balaban J connectivity index is 1.06. The van der Waals surface area contributed by atoms with Crippen LogP contribution in [0.15, 0.2) is 218 Å². The molecule has 2 nitrogen and oxygen atoms in total. The van der Waals surface area contributed by atoms with Crippen LogP contribution in [0.3, 0.4) is 0 Å². The Morgan fingerprint density at radius 2 is 1.08 bits per heavy atom. The number of para-hydroxylation sites is 3. The minimum Gasteiger partial charge on any atom is -0.292 e. The van der Waals surface area contributed by atoms with Crippen LogP contribution in [0.5, 0.6) is 0 Å².